The SMILES string of the molecule is c1ccc(CN2CCCC3(CCN(C4CCOC4)C3)C2)nc1. The molecule has 0 amide bonds. The molecule has 3 fully saturated rings. The number of ether oxygens (including phenoxy) is 1. The Morgan fingerprint density at radius 3 is 3.05 bits per heavy atom. The van der Waals surface area contributed by atoms with E-state index in [1.54, 1.807) is 0 Å². The number of likely N-dealkylation sites (tertiary alicyclic amines) is 2. The molecule has 2 atom stereocenters. The molecule has 4 rings (SSSR count). The molecule has 1 aromatic heterocycles. The summed E-state index contributed by atoms with van der Waals surface area (Å²) >= 11 is 0. The molecular weight excluding hydrogens is 274 g/mol. The first-order valence-electron chi connectivity index (χ1n) is 8.77. The van der Waals surface area contributed by atoms with E-state index < -0.39 is 0 Å². The van der Waals surface area contributed by atoms with Gasteiger partial charge in [-0.05, 0) is 56.3 Å². The zero-order chi connectivity index (χ0) is 14.8. The molecule has 4 heteroatoms. The molecule has 0 radical (unpaired) electrons. The van der Waals surface area contributed by atoms with Gasteiger partial charge >= 0.3 is 0 Å². The molecule has 3 aliphatic rings. The lowest BCUT2D eigenvalue weighted by Crippen LogP contribution is -2.45. The Bertz CT molecular complexity index is 488. The normalized spacial score (nSPS) is 33.7. The Morgan fingerprint density at radius 1 is 1.23 bits per heavy atom. The second kappa shape index (κ2) is 6.26. The minimum Gasteiger partial charge on any atom is -0.380 e. The first-order chi connectivity index (χ1) is 10.8. The van der Waals surface area contributed by atoms with Gasteiger partial charge in [0.25, 0.3) is 0 Å². The second-order valence-corrected chi connectivity index (χ2v) is 7.37. The molecule has 1 aromatic rings. The van der Waals surface area contributed by atoms with Crippen molar-refractivity contribution in [2.45, 2.75) is 38.3 Å². The van der Waals surface area contributed by atoms with Gasteiger partial charge in [0.2, 0.25) is 0 Å². The van der Waals surface area contributed by atoms with Gasteiger partial charge in [-0.15, -0.1) is 0 Å². The van der Waals surface area contributed by atoms with Crippen molar-refractivity contribution in [2.75, 3.05) is 39.4 Å². The number of pyridine rings is 1. The third kappa shape index (κ3) is 3.05. The van der Waals surface area contributed by atoms with Gasteiger partial charge in [0.05, 0.1) is 12.3 Å². The molecular formula is C18H27N3O. The van der Waals surface area contributed by atoms with E-state index in [9.17, 15) is 0 Å². The largest absolute Gasteiger partial charge is 0.380 e. The topological polar surface area (TPSA) is 28.6 Å². The fourth-order valence-corrected chi connectivity index (χ4v) is 4.59. The van der Waals surface area contributed by atoms with Crippen molar-refractivity contribution < 1.29 is 4.74 Å². The molecule has 22 heavy (non-hydrogen) atoms. The standard InChI is InChI=1S/C18H27N3O/c1-2-8-19-16(4-1)12-20-9-3-6-18(14-20)7-10-21(15-18)17-5-11-22-13-17/h1-2,4,8,17H,3,5-7,9-15H2. The number of aromatic nitrogens is 1. The highest BCUT2D eigenvalue weighted by molar-refractivity contribution is 5.04. The van der Waals surface area contributed by atoms with Crippen LogP contribution in [0.25, 0.3) is 0 Å². The van der Waals surface area contributed by atoms with Crippen LogP contribution in [0.1, 0.15) is 31.4 Å². The Kier molecular flexibility index (Phi) is 4.16. The van der Waals surface area contributed by atoms with E-state index in [4.69, 9.17) is 4.74 Å². The molecule has 1 spiro atoms. The Hall–Kier alpha value is -0.970. The third-order valence-electron chi connectivity index (χ3n) is 5.74. The summed E-state index contributed by atoms with van der Waals surface area (Å²) in [5.41, 5.74) is 1.73. The van der Waals surface area contributed by atoms with Crippen LogP contribution >= 0.6 is 0 Å². The summed E-state index contributed by atoms with van der Waals surface area (Å²) in [6.45, 7) is 7.94. The Morgan fingerprint density at radius 2 is 2.23 bits per heavy atom. The maximum absolute atomic E-state index is 5.59. The molecule has 0 N–H and O–H groups in total. The number of rotatable bonds is 3. The van der Waals surface area contributed by atoms with Crippen LogP contribution in [0.5, 0.6) is 0 Å². The van der Waals surface area contributed by atoms with Crippen LogP contribution in [0.15, 0.2) is 24.4 Å². The van der Waals surface area contributed by atoms with Gasteiger partial charge in [0.1, 0.15) is 0 Å². The van der Waals surface area contributed by atoms with Crippen LogP contribution in [0, 0.1) is 5.41 Å². The molecule has 0 aliphatic carbocycles. The summed E-state index contributed by atoms with van der Waals surface area (Å²) in [5.74, 6) is 0. The minimum atomic E-state index is 0.523. The smallest absolute Gasteiger partial charge is 0.0622 e. The van der Waals surface area contributed by atoms with E-state index in [-0.39, 0.29) is 0 Å². The fraction of sp³-hybridized carbons (Fsp3) is 0.722. The van der Waals surface area contributed by atoms with Gasteiger partial charge in [-0.2, -0.15) is 0 Å². The van der Waals surface area contributed by atoms with Crippen molar-refractivity contribution in [3.63, 3.8) is 0 Å². The van der Waals surface area contributed by atoms with E-state index in [0.29, 0.717) is 11.5 Å². The number of hydrogen-bond acceptors (Lipinski definition) is 4. The van der Waals surface area contributed by atoms with Crippen LogP contribution in [0.4, 0.5) is 0 Å². The summed E-state index contributed by atoms with van der Waals surface area (Å²) < 4.78 is 5.59. The van der Waals surface area contributed by atoms with Crippen molar-refractivity contribution >= 4 is 0 Å². The zero-order valence-corrected chi connectivity index (χ0v) is 13.4. The molecule has 3 saturated heterocycles. The van der Waals surface area contributed by atoms with Crippen LogP contribution in [-0.2, 0) is 11.3 Å². The van der Waals surface area contributed by atoms with Crippen molar-refractivity contribution in [3.8, 4) is 0 Å². The van der Waals surface area contributed by atoms with Crippen LogP contribution in [0.2, 0.25) is 0 Å². The molecule has 4 nitrogen and oxygen atoms in total. The lowest BCUT2D eigenvalue weighted by atomic mass is 9.79. The predicted molar refractivity (Wildman–Crippen MR) is 86.6 cm³/mol. The first kappa shape index (κ1) is 14.6. The van der Waals surface area contributed by atoms with Gasteiger partial charge in [-0.25, -0.2) is 0 Å². The van der Waals surface area contributed by atoms with Gasteiger partial charge in [-0.1, -0.05) is 6.07 Å². The molecule has 3 aliphatic heterocycles. The lowest BCUT2D eigenvalue weighted by Gasteiger charge is -2.40. The highest BCUT2D eigenvalue weighted by Crippen LogP contribution is 2.40. The van der Waals surface area contributed by atoms with Crippen molar-refractivity contribution in [2.24, 2.45) is 5.41 Å². The number of piperidine rings is 1. The first-order valence-corrected chi connectivity index (χ1v) is 8.77. The fourth-order valence-electron chi connectivity index (χ4n) is 4.59. The highest BCUT2D eigenvalue weighted by Gasteiger charge is 2.43. The molecule has 2 unspecified atom stereocenters. The summed E-state index contributed by atoms with van der Waals surface area (Å²) in [4.78, 5) is 9.83. The van der Waals surface area contributed by atoms with Crippen molar-refractivity contribution in [3.05, 3.63) is 30.1 Å². The Balaban J connectivity index is 1.38. The van der Waals surface area contributed by atoms with E-state index in [0.717, 1.165) is 19.8 Å². The van der Waals surface area contributed by atoms with E-state index >= 15 is 0 Å². The monoisotopic (exact) mass is 301 g/mol. The van der Waals surface area contributed by atoms with Crippen LogP contribution in [-0.4, -0.2) is 60.2 Å². The predicted octanol–water partition coefficient (Wildman–Crippen LogP) is 2.16. The quantitative estimate of drug-likeness (QED) is 0.855. The van der Waals surface area contributed by atoms with E-state index in [1.165, 1.54) is 57.6 Å². The van der Waals surface area contributed by atoms with Crippen LogP contribution < -0.4 is 0 Å². The number of hydrogen-bond donors (Lipinski definition) is 0. The summed E-state index contributed by atoms with van der Waals surface area (Å²) in [7, 11) is 0. The lowest BCUT2D eigenvalue weighted by molar-refractivity contribution is 0.0783. The molecule has 120 valence electrons. The van der Waals surface area contributed by atoms with Crippen molar-refractivity contribution in [1.82, 2.24) is 14.8 Å². The molecule has 0 saturated carbocycles. The summed E-state index contributed by atoms with van der Waals surface area (Å²) in [6.07, 6.45) is 7.24. The third-order valence-corrected chi connectivity index (χ3v) is 5.74. The number of nitrogens with zero attached hydrogens (tertiary/aromatic N) is 3. The maximum Gasteiger partial charge on any atom is 0.0622 e. The van der Waals surface area contributed by atoms with Crippen molar-refractivity contribution in [1.29, 1.82) is 0 Å². The van der Waals surface area contributed by atoms with Gasteiger partial charge < -0.3 is 4.74 Å². The summed E-state index contributed by atoms with van der Waals surface area (Å²) in [6, 6.07) is 6.93. The molecule has 0 aromatic carbocycles. The van der Waals surface area contributed by atoms with E-state index in [2.05, 4.69) is 26.9 Å². The van der Waals surface area contributed by atoms with E-state index in [1.807, 2.05) is 12.3 Å². The highest BCUT2D eigenvalue weighted by atomic mass is 16.5. The Labute approximate surface area is 133 Å². The average Bonchev–Trinajstić information content (AvgIpc) is 3.19. The zero-order valence-electron chi connectivity index (χ0n) is 13.4. The van der Waals surface area contributed by atoms with Gasteiger partial charge in [-0.3, -0.25) is 14.8 Å². The molecule has 0 bridgehead atoms. The minimum absolute atomic E-state index is 0.523. The summed E-state index contributed by atoms with van der Waals surface area (Å²) in [5, 5.41) is 0. The van der Waals surface area contributed by atoms with Gasteiger partial charge in [0, 0.05) is 38.5 Å². The van der Waals surface area contributed by atoms with Crippen LogP contribution in [0.3, 0.4) is 0 Å². The second-order valence-electron chi connectivity index (χ2n) is 7.37. The van der Waals surface area contributed by atoms with Gasteiger partial charge in [0.15, 0.2) is 0 Å². The maximum atomic E-state index is 5.59. The average molecular weight is 301 g/mol. The molecule has 4 heterocycles.